The van der Waals surface area contributed by atoms with Crippen LogP contribution < -0.4 is 9.62 Å². The summed E-state index contributed by atoms with van der Waals surface area (Å²) in [6, 6.07) is 12.7. The van der Waals surface area contributed by atoms with Crippen LogP contribution >= 0.6 is 23.2 Å². The lowest BCUT2D eigenvalue weighted by molar-refractivity contribution is -0.140. The van der Waals surface area contributed by atoms with E-state index in [-0.39, 0.29) is 34.2 Å². The van der Waals surface area contributed by atoms with E-state index in [9.17, 15) is 18.0 Å². The molecule has 0 aliphatic rings. The van der Waals surface area contributed by atoms with Crippen LogP contribution in [0.25, 0.3) is 0 Å². The maximum atomic E-state index is 13.5. The van der Waals surface area contributed by atoms with Crippen LogP contribution in [-0.2, 0) is 26.2 Å². The second-order valence-corrected chi connectivity index (χ2v) is 10.7. The predicted molar refractivity (Wildman–Crippen MR) is 133 cm³/mol. The maximum Gasteiger partial charge on any atom is 0.244 e. The van der Waals surface area contributed by atoms with Crippen molar-refractivity contribution in [3.63, 3.8) is 0 Å². The zero-order chi connectivity index (χ0) is 24.8. The Morgan fingerprint density at radius 3 is 2.18 bits per heavy atom. The molecule has 2 aromatic carbocycles. The van der Waals surface area contributed by atoms with E-state index in [1.165, 1.54) is 23.1 Å². The molecular formula is C23H29Cl2N3O4S. The van der Waals surface area contributed by atoms with E-state index in [1.54, 1.807) is 0 Å². The van der Waals surface area contributed by atoms with Crippen LogP contribution in [0.2, 0.25) is 10.0 Å². The minimum absolute atomic E-state index is 0.107. The van der Waals surface area contributed by atoms with Crippen molar-refractivity contribution in [2.24, 2.45) is 0 Å². The van der Waals surface area contributed by atoms with Gasteiger partial charge in [-0.25, -0.2) is 8.42 Å². The second-order valence-electron chi connectivity index (χ2n) is 7.96. The third-order valence-electron chi connectivity index (χ3n) is 4.88. The van der Waals surface area contributed by atoms with Crippen molar-refractivity contribution in [1.29, 1.82) is 0 Å². The Morgan fingerprint density at radius 1 is 1.03 bits per heavy atom. The molecule has 180 valence electrons. The molecule has 0 saturated heterocycles. The number of carbonyl (C=O) groups excluding carboxylic acids is 2. The van der Waals surface area contributed by atoms with Crippen LogP contribution in [0, 0.1) is 0 Å². The van der Waals surface area contributed by atoms with E-state index in [4.69, 9.17) is 23.2 Å². The van der Waals surface area contributed by atoms with Gasteiger partial charge in [0.15, 0.2) is 0 Å². The van der Waals surface area contributed by atoms with Gasteiger partial charge in [-0.15, -0.1) is 0 Å². The molecule has 10 heteroatoms. The molecule has 0 fully saturated rings. The molecule has 1 N–H and O–H groups in total. The quantitative estimate of drug-likeness (QED) is 0.518. The zero-order valence-corrected chi connectivity index (χ0v) is 21.4. The summed E-state index contributed by atoms with van der Waals surface area (Å²) >= 11 is 12.0. The zero-order valence-electron chi connectivity index (χ0n) is 19.1. The number of amides is 2. The molecule has 0 saturated carbocycles. The van der Waals surface area contributed by atoms with Crippen LogP contribution in [0.1, 0.15) is 32.8 Å². The van der Waals surface area contributed by atoms with E-state index in [0.29, 0.717) is 6.42 Å². The van der Waals surface area contributed by atoms with Crippen molar-refractivity contribution in [3.8, 4) is 0 Å². The molecule has 0 unspecified atom stereocenters. The molecule has 1 atom stereocenters. The predicted octanol–water partition coefficient (Wildman–Crippen LogP) is 4.09. The summed E-state index contributed by atoms with van der Waals surface area (Å²) < 4.78 is 26.1. The van der Waals surface area contributed by atoms with Crippen molar-refractivity contribution in [1.82, 2.24) is 10.2 Å². The van der Waals surface area contributed by atoms with Crippen LogP contribution in [-0.4, -0.2) is 50.0 Å². The standard InChI is InChI=1S/C23H29Cl2N3O4S/c1-5-21(23(30)26-16(2)3)27(14-17-9-7-6-8-10-17)22(29)15-28(33(4,31)32)18-11-12-19(24)20(25)13-18/h6-13,16,21H,5,14-15H2,1-4H3,(H,26,30)/t21-/m1/s1. The fraction of sp³-hybridized carbons (Fsp3) is 0.391. The molecule has 0 aromatic heterocycles. The highest BCUT2D eigenvalue weighted by molar-refractivity contribution is 7.92. The third kappa shape index (κ3) is 7.62. The number of hydrogen-bond acceptors (Lipinski definition) is 4. The number of nitrogens with one attached hydrogen (secondary N) is 1. The Labute approximate surface area is 205 Å². The van der Waals surface area contributed by atoms with Gasteiger partial charge in [-0.05, 0) is 44.0 Å². The molecule has 0 heterocycles. The molecule has 2 rings (SSSR count). The molecule has 0 radical (unpaired) electrons. The number of benzene rings is 2. The first kappa shape index (κ1) is 27.0. The Bertz CT molecular complexity index is 1080. The fourth-order valence-corrected chi connectivity index (χ4v) is 4.47. The number of nitrogens with zero attached hydrogens (tertiary/aromatic N) is 2. The minimum atomic E-state index is -3.84. The monoisotopic (exact) mass is 513 g/mol. The first-order valence-corrected chi connectivity index (χ1v) is 13.1. The van der Waals surface area contributed by atoms with Crippen molar-refractivity contribution in [2.75, 3.05) is 17.1 Å². The lowest BCUT2D eigenvalue weighted by Gasteiger charge is -2.33. The van der Waals surface area contributed by atoms with Crippen molar-refractivity contribution in [2.45, 2.75) is 45.8 Å². The van der Waals surface area contributed by atoms with E-state index in [0.717, 1.165) is 16.1 Å². The average molecular weight is 514 g/mol. The molecule has 7 nitrogen and oxygen atoms in total. The third-order valence-corrected chi connectivity index (χ3v) is 6.76. The van der Waals surface area contributed by atoms with E-state index in [1.807, 2.05) is 51.1 Å². The maximum absolute atomic E-state index is 13.5. The molecular weight excluding hydrogens is 485 g/mol. The average Bonchev–Trinajstić information content (AvgIpc) is 2.73. The number of hydrogen-bond donors (Lipinski definition) is 1. The Kier molecular flexibility index (Phi) is 9.57. The first-order valence-electron chi connectivity index (χ1n) is 10.5. The summed E-state index contributed by atoms with van der Waals surface area (Å²) in [6.07, 6.45) is 1.37. The number of carbonyl (C=O) groups is 2. The normalized spacial score (nSPS) is 12.3. The van der Waals surface area contributed by atoms with E-state index >= 15 is 0 Å². The fourth-order valence-electron chi connectivity index (χ4n) is 3.33. The summed E-state index contributed by atoms with van der Waals surface area (Å²) in [6.45, 7) is 5.15. The topological polar surface area (TPSA) is 86.8 Å². The minimum Gasteiger partial charge on any atom is -0.352 e. The summed E-state index contributed by atoms with van der Waals surface area (Å²) in [7, 11) is -3.84. The van der Waals surface area contributed by atoms with Crippen molar-refractivity contribution in [3.05, 3.63) is 64.1 Å². The van der Waals surface area contributed by atoms with Gasteiger partial charge in [0, 0.05) is 12.6 Å². The molecule has 33 heavy (non-hydrogen) atoms. The Morgan fingerprint density at radius 2 is 1.67 bits per heavy atom. The summed E-state index contributed by atoms with van der Waals surface area (Å²) in [4.78, 5) is 27.8. The van der Waals surface area contributed by atoms with Gasteiger partial charge in [0.2, 0.25) is 21.8 Å². The van der Waals surface area contributed by atoms with Crippen molar-refractivity contribution < 1.29 is 18.0 Å². The molecule has 0 aliphatic carbocycles. The van der Waals surface area contributed by atoms with Gasteiger partial charge in [-0.2, -0.15) is 0 Å². The van der Waals surface area contributed by atoms with Crippen LogP contribution in [0.5, 0.6) is 0 Å². The second kappa shape index (κ2) is 11.7. The highest BCUT2D eigenvalue weighted by Gasteiger charge is 2.32. The Balaban J connectivity index is 2.43. The Hall–Kier alpha value is -2.29. The molecule has 0 aliphatic heterocycles. The van der Waals surface area contributed by atoms with Gasteiger partial charge in [0.1, 0.15) is 12.6 Å². The van der Waals surface area contributed by atoms with E-state index in [2.05, 4.69) is 5.32 Å². The molecule has 2 amide bonds. The van der Waals surface area contributed by atoms with Gasteiger partial charge in [0.05, 0.1) is 22.0 Å². The number of anilines is 1. The van der Waals surface area contributed by atoms with Crippen LogP contribution in [0.4, 0.5) is 5.69 Å². The molecule has 0 spiro atoms. The summed E-state index contributed by atoms with van der Waals surface area (Å²) in [5.74, 6) is -0.807. The smallest absolute Gasteiger partial charge is 0.244 e. The summed E-state index contributed by atoms with van der Waals surface area (Å²) in [5.41, 5.74) is 1.03. The molecule has 0 bridgehead atoms. The SMILES string of the molecule is CC[C@H](C(=O)NC(C)C)N(Cc1ccccc1)C(=O)CN(c1ccc(Cl)c(Cl)c1)S(C)(=O)=O. The lowest BCUT2D eigenvalue weighted by Crippen LogP contribution is -2.53. The van der Waals surface area contributed by atoms with Gasteiger partial charge in [-0.3, -0.25) is 13.9 Å². The number of sulfonamides is 1. The summed E-state index contributed by atoms with van der Waals surface area (Å²) in [5, 5.41) is 3.28. The van der Waals surface area contributed by atoms with Gasteiger partial charge in [-0.1, -0.05) is 60.5 Å². The first-order chi connectivity index (χ1) is 15.4. The van der Waals surface area contributed by atoms with Gasteiger partial charge in [0.25, 0.3) is 0 Å². The van der Waals surface area contributed by atoms with Crippen molar-refractivity contribution >= 4 is 50.7 Å². The largest absolute Gasteiger partial charge is 0.352 e. The van der Waals surface area contributed by atoms with Crippen LogP contribution in [0.3, 0.4) is 0 Å². The van der Waals surface area contributed by atoms with Gasteiger partial charge >= 0.3 is 0 Å². The highest BCUT2D eigenvalue weighted by atomic mass is 35.5. The number of rotatable bonds is 10. The number of halogens is 2. The van der Waals surface area contributed by atoms with E-state index < -0.39 is 28.5 Å². The molecule has 2 aromatic rings. The van der Waals surface area contributed by atoms with Crippen LogP contribution in [0.15, 0.2) is 48.5 Å². The van der Waals surface area contributed by atoms with Gasteiger partial charge < -0.3 is 10.2 Å². The lowest BCUT2D eigenvalue weighted by atomic mass is 10.1. The highest BCUT2D eigenvalue weighted by Crippen LogP contribution is 2.28.